The Balaban J connectivity index is 1.79. The third-order valence-corrected chi connectivity index (χ3v) is 6.10. The molecule has 1 aromatic carbocycles. The maximum atomic E-state index is 13.8. The molecule has 2 aromatic rings. The molecule has 8 nitrogen and oxygen atoms in total. The fourth-order valence-corrected chi connectivity index (χ4v) is 4.27. The van der Waals surface area contributed by atoms with E-state index in [1.54, 1.807) is 20.8 Å². The number of carbonyl (C=O) groups is 1. The van der Waals surface area contributed by atoms with Crippen LogP contribution in [0.15, 0.2) is 22.6 Å². The van der Waals surface area contributed by atoms with Crippen molar-refractivity contribution in [3.8, 4) is 17.2 Å². The van der Waals surface area contributed by atoms with Crippen LogP contribution in [0.5, 0.6) is 5.75 Å². The summed E-state index contributed by atoms with van der Waals surface area (Å²) in [5.74, 6) is -0.494. The van der Waals surface area contributed by atoms with E-state index in [2.05, 4.69) is 17.1 Å². The molecule has 3 rings (SSSR count). The lowest BCUT2D eigenvalue weighted by molar-refractivity contribution is -0.138. The monoisotopic (exact) mass is 499 g/mol. The van der Waals surface area contributed by atoms with Gasteiger partial charge in [0, 0.05) is 5.56 Å². The number of benzene rings is 1. The Labute approximate surface area is 202 Å². The minimum absolute atomic E-state index is 0.0478. The zero-order valence-corrected chi connectivity index (χ0v) is 20.4. The molecule has 1 saturated heterocycles. The summed E-state index contributed by atoms with van der Waals surface area (Å²) in [6.07, 6.45) is 0.0912. The lowest BCUT2D eigenvalue weighted by Gasteiger charge is -2.35. The molecule has 1 unspecified atom stereocenters. The van der Waals surface area contributed by atoms with Crippen molar-refractivity contribution < 1.29 is 37.0 Å². The summed E-state index contributed by atoms with van der Waals surface area (Å²) in [6, 6.07) is 3.56. The molecule has 0 spiro atoms. The lowest BCUT2D eigenvalue weighted by atomic mass is 10.0. The van der Waals surface area contributed by atoms with Crippen LogP contribution >= 0.6 is 0 Å². The normalized spacial score (nSPS) is 19.8. The lowest BCUT2D eigenvalue weighted by Crippen LogP contribution is -2.52. The number of rotatable bonds is 10. The van der Waals surface area contributed by atoms with Crippen molar-refractivity contribution in [1.82, 2.24) is 15.1 Å². The first kappa shape index (κ1) is 26.8. The molecule has 1 amide bonds. The Morgan fingerprint density at radius 3 is 2.49 bits per heavy atom. The zero-order chi connectivity index (χ0) is 25.9. The Kier molecular flexibility index (Phi) is 7.98. The highest BCUT2D eigenvalue weighted by Gasteiger charge is 2.55. The Hall–Kier alpha value is -2.82. The summed E-state index contributed by atoms with van der Waals surface area (Å²) < 4.78 is 58.0. The smallest absolute Gasteiger partial charge is 0.419 e. The number of aromatic nitrogens is 2. The van der Waals surface area contributed by atoms with Crippen molar-refractivity contribution in [1.29, 1.82) is 0 Å². The van der Waals surface area contributed by atoms with E-state index in [1.165, 1.54) is 12.1 Å². The quantitative estimate of drug-likeness (QED) is 0.375. The highest BCUT2D eigenvalue weighted by Crippen LogP contribution is 2.43. The summed E-state index contributed by atoms with van der Waals surface area (Å²) in [6.45, 7) is 7.00. The van der Waals surface area contributed by atoms with Crippen LogP contribution in [0.1, 0.15) is 77.7 Å². The van der Waals surface area contributed by atoms with E-state index in [9.17, 15) is 23.1 Å². The summed E-state index contributed by atoms with van der Waals surface area (Å²) in [5.41, 5.74) is -3.34. The van der Waals surface area contributed by atoms with Gasteiger partial charge in [0.15, 0.2) is 0 Å². The Morgan fingerprint density at radius 2 is 1.83 bits per heavy atom. The summed E-state index contributed by atoms with van der Waals surface area (Å²) in [4.78, 5) is 12.9. The number of unbranched alkanes of at least 4 members (excludes halogenated alkanes) is 5. The van der Waals surface area contributed by atoms with E-state index < -0.39 is 29.1 Å². The number of amides is 1. The minimum Gasteiger partial charge on any atom is -0.493 e. The molecule has 194 valence electrons. The van der Waals surface area contributed by atoms with Crippen LogP contribution in [0.25, 0.3) is 11.5 Å². The molecule has 1 aliphatic heterocycles. The first-order chi connectivity index (χ1) is 16.4. The van der Waals surface area contributed by atoms with Gasteiger partial charge in [-0.15, -0.1) is 10.2 Å². The molecule has 1 atom stereocenters. The first-order valence-electron chi connectivity index (χ1n) is 11.8. The first-order valence-corrected chi connectivity index (χ1v) is 11.8. The highest BCUT2D eigenvalue weighted by atomic mass is 19.4. The molecule has 1 aliphatic rings. The molecule has 11 heteroatoms. The van der Waals surface area contributed by atoms with Gasteiger partial charge in [-0.3, -0.25) is 4.90 Å². The second-order valence-electron chi connectivity index (χ2n) is 9.36. The summed E-state index contributed by atoms with van der Waals surface area (Å²) in [5, 5.41) is 17.5. The summed E-state index contributed by atoms with van der Waals surface area (Å²) >= 11 is 0. The van der Waals surface area contributed by atoms with Gasteiger partial charge >= 0.3 is 12.3 Å². The third-order valence-electron chi connectivity index (χ3n) is 6.10. The maximum Gasteiger partial charge on any atom is 0.419 e. The van der Waals surface area contributed by atoms with Gasteiger partial charge < -0.3 is 19.0 Å². The second kappa shape index (κ2) is 10.4. The molecule has 0 saturated carbocycles. The maximum absolute atomic E-state index is 13.8. The van der Waals surface area contributed by atoms with Crippen LogP contribution in [0.2, 0.25) is 0 Å². The molecule has 0 aliphatic carbocycles. The van der Waals surface area contributed by atoms with E-state index in [0.29, 0.717) is 6.42 Å². The van der Waals surface area contributed by atoms with Crippen molar-refractivity contribution in [3.05, 3.63) is 29.7 Å². The number of hydrogen-bond donors (Lipinski definition) is 1. The van der Waals surface area contributed by atoms with Gasteiger partial charge in [-0.1, -0.05) is 39.0 Å². The van der Waals surface area contributed by atoms with Crippen LogP contribution in [-0.2, 0) is 16.5 Å². The van der Waals surface area contributed by atoms with Crippen LogP contribution in [0, 0.1) is 0 Å². The van der Waals surface area contributed by atoms with Crippen molar-refractivity contribution in [2.24, 2.45) is 0 Å². The number of alkyl halides is 3. The minimum atomic E-state index is -4.65. The predicted octanol–water partition coefficient (Wildman–Crippen LogP) is 6.46. The van der Waals surface area contributed by atoms with E-state index in [4.69, 9.17) is 13.9 Å². The molecular formula is C24H32F3N3O5. The standard InChI is InChI=1S/C24H32F3N3O5/c1-5-6-7-8-9-10-13-33-18-12-11-16(14-17(18)24(25,26)27)19-28-29-20(35-19)23(4)15-34-22(2,3)30(23)21(31)32/h11-12,14H,5-10,13,15H2,1-4H3,(H,31,32). The van der Waals surface area contributed by atoms with Crippen molar-refractivity contribution in [2.45, 2.75) is 83.7 Å². The topological polar surface area (TPSA) is 97.9 Å². The predicted molar refractivity (Wildman–Crippen MR) is 121 cm³/mol. The van der Waals surface area contributed by atoms with Gasteiger partial charge in [0.2, 0.25) is 11.8 Å². The highest BCUT2D eigenvalue weighted by molar-refractivity contribution is 5.68. The molecule has 1 aromatic heterocycles. The molecule has 0 bridgehead atoms. The molecular weight excluding hydrogens is 467 g/mol. The zero-order valence-electron chi connectivity index (χ0n) is 20.4. The number of carboxylic acid groups (broad SMARTS) is 1. The van der Waals surface area contributed by atoms with Gasteiger partial charge in [-0.25, -0.2) is 4.79 Å². The number of ether oxygens (including phenoxy) is 2. The second-order valence-corrected chi connectivity index (χ2v) is 9.36. The van der Waals surface area contributed by atoms with E-state index in [1.807, 2.05) is 0 Å². The third kappa shape index (κ3) is 5.88. The molecule has 0 radical (unpaired) electrons. The molecule has 35 heavy (non-hydrogen) atoms. The van der Waals surface area contributed by atoms with Crippen molar-refractivity contribution in [3.63, 3.8) is 0 Å². The average molecular weight is 500 g/mol. The SMILES string of the molecule is CCCCCCCCOc1ccc(-c2nnc(C3(C)COC(C)(C)N3C(=O)O)o2)cc1C(F)(F)F. The fraction of sp³-hybridized carbons (Fsp3) is 0.625. The van der Waals surface area contributed by atoms with Crippen molar-refractivity contribution in [2.75, 3.05) is 13.2 Å². The van der Waals surface area contributed by atoms with Gasteiger partial charge in [0.05, 0.1) is 18.8 Å². The van der Waals surface area contributed by atoms with E-state index in [-0.39, 0.29) is 36.3 Å². The molecule has 1 N–H and O–H groups in total. The van der Waals surface area contributed by atoms with Gasteiger partial charge in [-0.05, 0) is 45.4 Å². The van der Waals surface area contributed by atoms with E-state index >= 15 is 0 Å². The Bertz CT molecular complexity index is 1020. The molecule has 1 fully saturated rings. The largest absolute Gasteiger partial charge is 0.493 e. The van der Waals surface area contributed by atoms with Gasteiger partial charge in [-0.2, -0.15) is 13.2 Å². The molecule has 2 heterocycles. The van der Waals surface area contributed by atoms with E-state index in [0.717, 1.165) is 43.1 Å². The van der Waals surface area contributed by atoms with Crippen molar-refractivity contribution >= 4 is 6.09 Å². The van der Waals surface area contributed by atoms with Gasteiger partial charge in [0.25, 0.3) is 0 Å². The van der Waals surface area contributed by atoms with Crippen LogP contribution in [0.4, 0.5) is 18.0 Å². The van der Waals surface area contributed by atoms with Crippen LogP contribution < -0.4 is 4.74 Å². The fourth-order valence-electron chi connectivity index (χ4n) is 4.27. The number of nitrogens with zero attached hydrogens (tertiary/aromatic N) is 3. The average Bonchev–Trinajstić information content (AvgIpc) is 3.36. The summed E-state index contributed by atoms with van der Waals surface area (Å²) in [7, 11) is 0. The number of halogens is 3. The van der Waals surface area contributed by atoms with Crippen LogP contribution in [0.3, 0.4) is 0 Å². The number of hydrogen-bond acceptors (Lipinski definition) is 6. The van der Waals surface area contributed by atoms with Crippen LogP contribution in [-0.4, -0.2) is 45.2 Å². The Morgan fingerprint density at radius 1 is 1.14 bits per heavy atom. The van der Waals surface area contributed by atoms with Gasteiger partial charge in [0.1, 0.15) is 17.0 Å².